The summed E-state index contributed by atoms with van der Waals surface area (Å²) in [6.45, 7) is 6.23. The van der Waals surface area contributed by atoms with Gasteiger partial charge >= 0.3 is 0 Å². The Bertz CT molecular complexity index is 527. The topological polar surface area (TPSA) is 63.5 Å². The number of carbonyl (C=O) groups is 1. The molecule has 0 radical (unpaired) electrons. The van der Waals surface area contributed by atoms with Gasteiger partial charge < -0.3 is 4.90 Å². The van der Waals surface area contributed by atoms with Crippen LogP contribution in [-0.4, -0.2) is 17.4 Å². The molecule has 1 aromatic carbocycles. The van der Waals surface area contributed by atoms with Gasteiger partial charge in [-0.25, -0.2) is 0 Å². The van der Waals surface area contributed by atoms with Crippen molar-refractivity contribution < 1.29 is 9.72 Å². The number of amides is 1. The Morgan fingerprint density at radius 1 is 1.56 bits per heavy atom. The largest absolute Gasteiger partial charge is 0.311 e. The summed E-state index contributed by atoms with van der Waals surface area (Å²) in [5.41, 5.74) is 1.61. The number of hydrogen-bond acceptors (Lipinski definition) is 3. The van der Waals surface area contributed by atoms with Crippen LogP contribution in [-0.2, 0) is 10.2 Å². The molecule has 1 aromatic rings. The summed E-state index contributed by atoms with van der Waals surface area (Å²) in [5, 5.41) is 10.8. The lowest BCUT2D eigenvalue weighted by molar-refractivity contribution is -0.384. The lowest BCUT2D eigenvalue weighted by Gasteiger charge is -2.23. The van der Waals surface area contributed by atoms with Crippen LogP contribution in [0, 0.1) is 10.1 Å². The molecule has 0 unspecified atom stereocenters. The standard InChI is InChI=1S/C13H16N2O3/c1-4-13(3)8-14(9(2)16)12-7-10(15(17)18)5-6-11(12)13/h5-7H,4,8H2,1-3H3/t13-/m1/s1. The van der Waals surface area contributed by atoms with Gasteiger partial charge in [-0.15, -0.1) is 0 Å². The molecule has 0 bridgehead atoms. The first-order valence-electron chi connectivity index (χ1n) is 5.96. The number of nitrogens with zero attached hydrogens (tertiary/aromatic N) is 2. The summed E-state index contributed by atoms with van der Waals surface area (Å²) in [7, 11) is 0. The minimum Gasteiger partial charge on any atom is -0.311 e. The van der Waals surface area contributed by atoms with E-state index in [1.807, 2.05) is 0 Å². The van der Waals surface area contributed by atoms with Crippen molar-refractivity contribution in [2.24, 2.45) is 0 Å². The van der Waals surface area contributed by atoms with Crippen molar-refractivity contribution in [3.8, 4) is 0 Å². The van der Waals surface area contributed by atoms with E-state index < -0.39 is 4.92 Å². The van der Waals surface area contributed by atoms with Crippen molar-refractivity contribution in [2.75, 3.05) is 11.4 Å². The van der Waals surface area contributed by atoms with Crippen LogP contribution in [0.1, 0.15) is 32.8 Å². The Labute approximate surface area is 106 Å². The number of nitro benzene ring substituents is 1. The van der Waals surface area contributed by atoms with Crippen molar-refractivity contribution in [3.05, 3.63) is 33.9 Å². The number of rotatable bonds is 2. The summed E-state index contributed by atoms with van der Waals surface area (Å²) in [6.07, 6.45) is 0.890. The molecule has 1 aliphatic rings. The Morgan fingerprint density at radius 2 is 2.22 bits per heavy atom. The fourth-order valence-corrected chi connectivity index (χ4v) is 2.47. The molecule has 0 saturated carbocycles. The van der Waals surface area contributed by atoms with Gasteiger partial charge in [-0.1, -0.05) is 13.8 Å². The second kappa shape index (κ2) is 4.08. The molecule has 1 amide bonds. The molecule has 5 heteroatoms. The maximum absolute atomic E-state index is 11.6. The summed E-state index contributed by atoms with van der Waals surface area (Å²) in [4.78, 5) is 23.7. The van der Waals surface area contributed by atoms with Crippen LogP contribution in [0.25, 0.3) is 0 Å². The van der Waals surface area contributed by atoms with E-state index in [9.17, 15) is 14.9 Å². The molecule has 0 N–H and O–H groups in total. The van der Waals surface area contributed by atoms with Crippen molar-refractivity contribution >= 4 is 17.3 Å². The van der Waals surface area contributed by atoms with Gasteiger partial charge in [-0.05, 0) is 18.1 Å². The predicted octanol–water partition coefficient (Wildman–Crippen LogP) is 2.63. The second-order valence-corrected chi connectivity index (χ2v) is 4.98. The SMILES string of the molecule is CC[C@]1(C)CN(C(C)=O)c2cc([N+](=O)[O-])ccc21. The Balaban J connectivity index is 2.59. The lowest BCUT2D eigenvalue weighted by Crippen LogP contribution is -2.33. The fourth-order valence-electron chi connectivity index (χ4n) is 2.47. The van der Waals surface area contributed by atoms with Gasteiger partial charge in [0.25, 0.3) is 5.69 Å². The van der Waals surface area contributed by atoms with E-state index in [0.29, 0.717) is 12.2 Å². The fraction of sp³-hybridized carbons (Fsp3) is 0.462. The van der Waals surface area contributed by atoms with E-state index >= 15 is 0 Å². The highest BCUT2D eigenvalue weighted by Crippen LogP contribution is 2.44. The average Bonchev–Trinajstić information content (AvgIpc) is 2.63. The van der Waals surface area contributed by atoms with Crippen LogP contribution < -0.4 is 4.90 Å². The number of carbonyl (C=O) groups excluding carboxylic acids is 1. The van der Waals surface area contributed by atoms with E-state index in [0.717, 1.165) is 12.0 Å². The average molecular weight is 248 g/mol. The molecule has 0 saturated heterocycles. The van der Waals surface area contributed by atoms with E-state index in [-0.39, 0.29) is 17.0 Å². The third kappa shape index (κ3) is 1.75. The molecule has 0 spiro atoms. The Morgan fingerprint density at radius 3 is 2.72 bits per heavy atom. The molecular weight excluding hydrogens is 232 g/mol. The molecule has 96 valence electrons. The number of anilines is 1. The van der Waals surface area contributed by atoms with Crippen LogP contribution in [0.4, 0.5) is 11.4 Å². The summed E-state index contributed by atoms with van der Waals surface area (Å²) in [6, 6.07) is 4.79. The van der Waals surface area contributed by atoms with Gasteiger partial charge in [-0.2, -0.15) is 0 Å². The minimum atomic E-state index is -0.430. The third-order valence-corrected chi connectivity index (χ3v) is 3.80. The molecule has 1 aliphatic heterocycles. The van der Waals surface area contributed by atoms with Crippen molar-refractivity contribution in [2.45, 2.75) is 32.6 Å². The number of fused-ring (bicyclic) bond motifs is 1. The Hall–Kier alpha value is -1.91. The molecule has 18 heavy (non-hydrogen) atoms. The van der Waals surface area contributed by atoms with Crippen LogP contribution >= 0.6 is 0 Å². The lowest BCUT2D eigenvalue weighted by atomic mass is 9.82. The number of hydrogen-bond donors (Lipinski definition) is 0. The number of nitro groups is 1. The number of non-ortho nitro benzene ring substituents is 1. The quantitative estimate of drug-likeness (QED) is 0.597. The highest BCUT2D eigenvalue weighted by molar-refractivity contribution is 5.95. The first-order valence-corrected chi connectivity index (χ1v) is 5.96. The molecule has 2 rings (SSSR count). The highest BCUT2D eigenvalue weighted by atomic mass is 16.6. The van der Waals surface area contributed by atoms with Crippen LogP contribution in [0.15, 0.2) is 18.2 Å². The zero-order valence-corrected chi connectivity index (χ0v) is 10.8. The van der Waals surface area contributed by atoms with Gasteiger partial charge in [0, 0.05) is 31.0 Å². The maximum Gasteiger partial charge on any atom is 0.271 e. The maximum atomic E-state index is 11.6. The number of benzene rings is 1. The first kappa shape index (κ1) is 12.5. The van der Waals surface area contributed by atoms with Gasteiger partial charge in [0.15, 0.2) is 0 Å². The van der Waals surface area contributed by atoms with Crippen molar-refractivity contribution in [1.29, 1.82) is 0 Å². The van der Waals surface area contributed by atoms with Crippen molar-refractivity contribution in [3.63, 3.8) is 0 Å². The van der Waals surface area contributed by atoms with Gasteiger partial charge in [0.05, 0.1) is 10.6 Å². The minimum absolute atomic E-state index is 0.0281. The van der Waals surface area contributed by atoms with E-state index in [4.69, 9.17) is 0 Å². The van der Waals surface area contributed by atoms with Gasteiger partial charge in [-0.3, -0.25) is 14.9 Å². The van der Waals surface area contributed by atoms with Crippen molar-refractivity contribution in [1.82, 2.24) is 0 Å². The molecular formula is C13H16N2O3. The van der Waals surface area contributed by atoms with Crippen LogP contribution in [0.5, 0.6) is 0 Å². The van der Waals surface area contributed by atoms with Gasteiger partial charge in [0.1, 0.15) is 0 Å². The van der Waals surface area contributed by atoms with Gasteiger partial charge in [0.2, 0.25) is 5.91 Å². The molecule has 5 nitrogen and oxygen atoms in total. The predicted molar refractivity (Wildman–Crippen MR) is 68.8 cm³/mol. The molecule has 0 fully saturated rings. The smallest absolute Gasteiger partial charge is 0.271 e. The third-order valence-electron chi connectivity index (χ3n) is 3.80. The van der Waals surface area contributed by atoms with Crippen LogP contribution in [0.2, 0.25) is 0 Å². The van der Waals surface area contributed by atoms with E-state index in [1.54, 1.807) is 11.0 Å². The van der Waals surface area contributed by atoms with Crippen LogP contribution in [0.3, 0.4) is 0 Å². The summed E-state index contributed by atoms with van der Waals surface area (Å²) >= 11 is 0. The Kier molecular flexibility index (Phi) is 2.84. The molecule has 1 heterocycles. The summed E-state index contributed by atoms with van der Waals surface area (Å²) < 4.78 is 0. The monoisotopic (exact) mass is 248 g/mol. The normalized spacial score (nSPS) is 21.8. The first-order chi connectivity index (χ1) is 8.39. The van der Waals surface area contributed by atoms with E-state index in [2.05, 4.69) is 13.8 Å². The highest BCUT2D eigenvalue weighted by Gasteiger charge is 2.39. The molecule has 0 aromatic heterocycles. The zero-order chi connectivity index (χ0) is 13.5. The van der Waals surface area contributed by atoms with E-state index in [1.165, 1.54) is 19.1 Å². The second-order valence-electron chi connectivity index (χ2n) is 4.98. The molecule has 1 atom stereocenters. The molecule has 0 aliphatic carbocycles. The zero-order valence-electron chi connectivity index (χ0n) is 10.8. The summed E-state index contributed by atoms with van der Waals surface area (Å²) in [5.74, 6) is -0.0751.